The molecule has 0 bridgehead atoms. The fraction of sp³-hybridized carbons (Fsp3) is 1.00. The molecule has 34 heavy (non-hydrogen) atoms. The molecule has 0 radical (unpaired) electrons. The summed E-state index contributed by atoms with van der Waals surface area (Å²) in [5.41, 5.74) is 11.6. The highest BCUT2D eigenvalue weighted by Crippen LogP contribution is 2.26. The van der Waals surface area contributed by atoms with Crippen LogP contribution in [0.3, 0.4) is 0 Å². The van der Waals surface area contributed by atoms with Gasteiger partial charge in [0.25, 0.3) is 0 Å². The predicted molar refractivity (Wildman–Crippen MR) is 136 cm³/mol. The van der Waals surface area contributed by atoms with E-state index in [2.05, 4.69) is 24.5 Å². The standard InChI is InChI=1S/C13H28N2O3.C12H26N2O2/c1-9(15-7-8-16)11-6-5-10(14)12(17-11)18-13(2,3)4;1-8(14-5)10-7-6-9(13)11(15-10)16-12(2,3)4/h9-12,15-16H,5-8,14H2,1-4H3;8-11,14H,6-7,13H2,1-5H3/t9?,10-,11?,12-;8?,9-,10?,11-/m11/s1. The van der Waals surface area contributed by atoms with E-state index in [1.54, 1.807) is 0 Å². The second-order valence-corrected chi connectivity index (χ2v) is 11.6. The van der Waals surface area contributed by atoms with E-state index in [1.807, 2.05) is 48.6 Å². The third-order valence-corrected chi connectivity index (χ3v) is 5.97. The number of aliphatic hydroxyl groups is 1. The normalized spacial score (nSPS) is 32.5. The molecule has 2 aliphatic heterocycles. The van der Waals surface area contributed by atoms with Crippen LogP contribution in [-0.2, 0) is 18.9 Å². The van der Waals surface area contributed by atoms with Gasteiger partial charge in [0.15, 0.2) is 12.6 Å². The maximum atomic E-state index is 8.81. The number of nitrogens with two attached hydrogens (primary N) is 2. The van der Waals surface area contributed by atoms with Crippen LogP contribution in [0.2, 0.25) is 0 Å². The summed E-state index contributed by atoms with van der Waals surface area (Å²) in [6.07, 6.45) is 3.42. The van der Waals surface area contributed by atoms with Crippen LogP contribution in [0.15, 0.2) is 0 Å². The van der Waals surface area contributed by atoms with Gasteiger partial charge in [0.1, 0.15) is 0 Å². The van der Waals surface area contributed by atoms with Gasteiger partial charge >= 0.3 is 0 Å². The SMILES string of the molecule is CC(NCCO)C1CC[C@@H](N)[C@@H](OC(C)(C)C)O1.CNC(C)C1CC[C@@H](N)[C@@H](OC(C)(C)C)O1. The molecule has 9 nitrogen and oxygen atoms in total. The minimum absolute atomic E-state index is 0.0143. The molecule has 204 valence electrons. The van der Waals surface area contributed by atoms with Crippen LogP contribution >= 0.6 is 0 Å². The number of ether oxygens (including phenoxy) is 4. The molecule has 9 heteroatoms. The Morgan fingerprint density at radius 1 is 0.824 bits per heavy atom. The van der Waals surface area contributed by atoms with E-state index in [0.717, 1.165) is 25.7 Å². The van der Waals surface area contributed by atoms with Crippen LogP contribution in [-0.4, -0.2) is 85.5 Å². The van der Waals surface area contributed by atoms with Gasteiger partial charge in [0.2, 0.25) is 0 Å². The summed E-state index contributed by atoms with van der Waals surface area (Å²) in [5.74, 6) is 0. The Morgan fingerprint density at radius 3 is 1.59 bits per heavy atom. The monoisotopic (exact) mass is 490 g/mol. The summed E-state index contributed by atoms with van der Waals surface area (Å²) >= 11 is 0. The molecule has 0 spiro atoms. The molecular formula is C25H54N4O5. The second kappa shape index (κ2) is 14.4. The van der Waals surface area contributed by atoms with Crippen LogP contribution in [0, 0.1) is 0 Å². The van der Waals surface area contributed by atoms with E-state index in [1.165, 1.54) is 0 Å². The van der Waals surface area contributed by atoms with E-state index in [9.17, 15) is 0 Å². The van der Waals surface area contributed by atoms with Crippen LogP contribution < -0.4 is 22.1 Å². The molecule has 0 saturated carbocycles. The molecule has 2 fully saturated rings. The van der Waals surface area contributed by atoms with E-state index < -0.39 is 0 Å². The van der Waals surface area contributed by atoms with Gasteiger partial charge in [-0.25, -0.2) is 0 Å². The van der Waals surface area contributed by atoms with Crippen molar-refractivity contribution in [2.75, 3.05) is 20.2 Å². The van der Waals surface area contributed by atoms with Gasteiger partial charge in [0.05, 0.1) is 42.1 Å². The zero-order valence-corrected chi connectivity index (χ0v) is 23.1. The number of rotatable bonds is 8. The summed E-state index contributed by atoms with van der Waals surface area (Å²) in [6.45, 7) is 17.0. The summed E-state index contributed by atoms with van der Waals surface area (Å²) in [7, 11) is 1.95. The molecule has 0 aromatic carbocycles. The number of hydrogen-bond donors (Lipinski definition) is 5. The highest BCUT2D eigenvalue weighted by molar-refractivity contribution is 4.84. The van der Waals surface area contributed by atoms with Crippen LogP contribution in [0.4, 0.5) is 0 Å². The smallest absolute Gasteiger partial charge is 0.173 e. The molecular weight excluding hydrogens is 436 g/mol. The van der Waals surface area contributed by atoms with Crippen molar-refractivity contribution in [2.24, 2.45) is 11.5 Å². The average molecular weight is 491 g/mol. The number of nitrogens with one attached hydrogen (secondary N) is 2. The third-order valence-electron chi connectivity index (χ3n) is 5.97. The van der Waals surface area contributed by atoms with Gasteiger partial charge in [-0.05, 0) is 88.1 Å². The quantitative estimate of drug-likeness (QED) is 0.345. The van der Waals surface area contributed by atoms with Crippen molar-refractivity contribution in [3.05, 3.63) is 0 Å². The molecule has 7 N–H and O–H groups in total. The van der Waals surface area contributed by atoms with Gasteiger partial charge in [-0.2, -0.15) is 0 Å². The fourth-order valence-corrected chi connectivity index (χ4v) is 3.94. The highest BCUT2D eigenvalue weighted by Gasteiger charge is 2.35. The molecule has 0 aliphatic carbocycles. The summed E-state index contributed by atoms with van der Waals surface area (Å²) in [5, 5.41) is 15.3. The first kappa shape index (κ1) is 31.7. The maximum absolute atomic E-state index is 8.81. The summed E-state index contributed by atoms with van der Waals surface area (Å²) in [4.78, 5) is 0. The third kappa shape index (κ3) is 12.1. The largest absolute Gasteiger partial charge is 0.395 e. The Balaban J connectivity index is 0.000000342. The zero-order chi connectivity index (χ0) is 26.1. The van der Waals surface area contributed by atoms with Crippen LogP contribution in [0.1, 0.15) is 81.1 Å². The summed E-state index contributed by atoms with van der Waals surface area (Å²) in [6, 6.07) is 0.444. The van der Waals surface area contributed by atoms with Crippen molar-refractivity contribution >= 4 is 0 Å². The first-order valence-electron chi connectivity index (χ1n) is 12.9. The number of aliphatic hydroxyl groups excluding tert-OH is 1. The van der Waals surface area contributed by atoms with Gasteiger partial charge < -0.3 is 46.2 Å². The molecule has 0 aromatic rings. The van der Waals surface area contributed by atoms with Crippen molar-refractivity contribution in [2.45, 2.75) is 141 Å². The molecule has 4 unspecified atom stereocenters. The van der Waals surface area contributed by atoms with Crippen molar-refractivity contribution in [3.63, 3.8) is 0 Å². The lowest BCUT2D eigenvalue weighted by atomic mass is 9.99. The van der Waals surface area contributed by atoms with Crippen molar-refractivity contribution in [1.29, 1.82) is 0 Å². The van der Waals surface area contributed by atoms with Gasteiger partial charge in [-0.15, -0.1) is 0 Å². The second-order valence-electron chi connectivity index (χ2n) is 11.6. The van der Waals surface area contributed by atoms with E-state index >= 15 is 0 Å². The van der Waals surface area contributed by atoms with Crippen molar-refractivity contribution in [1.82, 2.24) is 10.6 Å². The van der Waals surface area contributed by atoms with Crippen molar-refractivity contribution < 1.29 is 24.1 Å². The van der Waals surface area contributed by atoms with E-state index in [0.29, 0.717) is 12.6 Å². The Labute approximate surface area is 208 Å². The van der Waals surface area contributed by atoms with Crippen LogP contribution in [0.25, 0.3) is 0 Å². The topological polar surface area (TPSA) is 133 Å². The average Bonchev–Trinajstić information content (AvgIpc) is 2.73. The molecule has 0 aromatic heterocycles. The lowest BCUT2D eigenvalue weighted by molar-refractivity contribution is -0.244. The predicted octanol–water partition coefficient (Wildman–Crippen LogP) is 1.85. The molecule has 2 heterocycles. The Hall–Kier alpha value is -0.360. The maximum Gasteiger partial charge on any atom is 0.173 e. The fourth-order valence-electron chi connectivity index (χ4n) is 3.94. The first-order valence-corrected chi connectivity index (χ1v) is 12.9. The first-order chi connectivity index (χ1) is 15.7. The van der Waals surface area contributed by atoms with Gasteiger partial charge in [0, 0.05) is 18.6 Å². The Morgan fingerprint density at radius 2 is 1.24 bits per heavy atom. The lowest BCUT2D eigenvalue weighted by Gasteiger charge is -2.40. The highest BCUT2D eigenvalue weighted by atomic mass is 16.7. The van der Waals surface area contributed by atoms with Crippen LogP contribution in [0.5, 0.6) is 0 Å². The zero-order valence-electron chi connectivity index (χ0n) is 23.1. The van der Waals surface area contributed by atoms with Gasteiger partial charge in [-0.1, -0.05) is 0 Å². The molecule has 2 aliphatic rings. The Kier molecular flexibility index (Phi) is 13.4. The van der Waals surface area contributed by atoms with Gasteiger partial charge in [-0.3, -0.25) is 0 Å². The van der Waals surface area contributed by atoms with E-state index in [-0.39, 0.29) is 60.7 Å². The molecule has 0 amide bonds. The molecule has 2 saturated heterocycles. The minimum Gasteiger partial charge on any atom is -0.395 e. The molecule has 2 rings (SSSR count). The van der Waals surface area contributed by atoms with Crippen molar-refractivity contribution in [3.8, 4) is 0 Å². The lowest BCUT2D eigenvalue weighted by Crippen LogP contribution is -2.53. The number of likely N-dealkylation sites (N-methyl/N-ethyl adjacent to an activating group) is 1. The molecule has 8 atom stereocenters. The Bertz CT molecular complexity index is 554. The van der Waals surface area contributed by atoms with E-state index in [4.69, 9.17) is 35.5 Å². The minimum atomic E-state index is -0.345. The summed E-state index contributed by atoms with van der Waals surface area (Å²) < 4.78 is 23.6. The number of hydrogen-bond acceptors (Lipinski definition) is 9.